The molecule has 0 N–H and O–H groups in total. The van der Waals surface area contributed by atoms with Crippen molar-refractivity contribution >= 4 is 45.8 Å². The van der Waals surface area contributed by atoms with E-state index in [1.54, 1.807) is 7.11 Å². The molecular formula is C24H19ClINO2. The topological polar surface area (TPSA) is 42.2 Å². The smallest absolute Gasteiger partial charge is 0.174 e. The Bertz CT molecular complexity index is 1070. The number of aryl methyl sites for hydroxylation is 1. The van der Waals surface area contributed by atoms with Gasteiger partial charge in [0.25, 0.3) is 0 Å². The van der Waals surface area contributed by atoms with Crippen LogP contribution >= 0.6 is 34.2 Å². The van der Waals surface area contributed by atoms with Crippen LogP contribution in [0.2, 0.25) is 5.02 Å². The number of benzene rings is 3. The Balaban J connectivity index is 1.88. The van der Waals surface area contributed by atoms with Crippen LogP contribution in [0.25, 0.3) is 11.6 Å². The van der Waals surface area contributed by atoms with E-state index in [1.165, 1.54) is 0 Å². The number of hydrogen-bond donors (Lipinski definition) is 0. The summed E-state index contributed by atoms with van der Waals surface area (Å²) in [6, 6.07) is 21.6. The molecule has 0 aliphatic carbocycles. The number of ether oxygens (including phenoxy) is 2. The second-order valence-electron chi connectivity index (χ2n) is 6.49. The summed E-state index contributed by atoms with van der Waals surface area (Å²) < 4.78 is 12.5. The van der Waals surface area contributed by atoms with Crippen LogP contribution in [0.3, 0.4) is 0 Å². The highest BCUT2D eigenvalue weighted by Crippen LogP contribution is 2.35. The van der Waals surface area contributed by atoms with Gasteiger partial charge in [-0.15, -0.1) is 0 Å². The van der Waals surface area contributed by atoms with Crippen molar-refractivity contribution < 1.29 is 9.47 Å². The van der Waals surface area contributed by atoms with Crippen molar-refractivity contribution in [3.63, 3.8) is 0 Å². The first-order chi connectivity index (χ1) is 14.0. The number of nitrogens with zero attached hydrogens (tertiary/aromatic N) is 1. The molecular weight excluding hydrogens is 497 g/mol. The largest absolute Gasteiger partial charge is 0.493 e. The molecule has 0 radical (unpaired) electrons. The highest BCUT2D eigenvalue weighted by Gasteiger charge is 2.12. The number of allylic oxidation sites excluding steroid dienone is 1. The standard InChI is InChI=1S/C24H19ClINO2/c1-16-3-7-19(8-4-16)20(14-27)11-18-12-22(26)24(23(13-18)28-2)29-15-17-5-9-21(25)10-6-17/h3-13H,15H2,1-2H3/b20-11-. The fourth-order valence-corrected chi connectivity index (χ4v) is 3.69. The molecule has 0 saturated carbocycles. The lowest BCUT2D eigenvalue weighted by atomic mass is 10.0. The van der Waals surface area contributed by atoms with E-state index in [4.69, 9.17) is 21.1 Å². The maximum atomic E-state index is 9.60. The fraction of sp³-hybridized carbons (Fsp3) is 0.125. The molecule has 0 fully saturated rings. The average molecular weight is 516 g/mol. The van der Waals surface area contributed by atoms with Gasteiger partial charge < -0.3 is 9.47 Å². The van der Waals surface area contributed by atoms with E-state index in [0.29, 0.717) is 28.7 Å². The van der Waals surface area contributed by atoms with E-state index in [2.05, 4.69) is 28.7 Å². The molecule has 0 bridgehead atoms. The van der Waals surface area contributed by atoms with Crippen molar-refractivity contribution in [3.8, 4) is 17.6 Å². The van der Waals surface area contributed by atoms with Gasteiger partial charge in [0.1, 0.15) is 6.61 Å². The first kappa shape index (κ1) is 21.2. The lowest BCUT2D eigenvalue weighted by Gasteiger charge is -2.14. The molecule has 0 atom stereocenters. The highest BCUT2D eigenvalue weighted by molar-refractivity contribution is 14.1. The van der Waals surface area contributed by atoms with Crippen molar-refractivity contribution in [1.82, 2.24) is 0 Å². The molecule has 3 aromatic carbocycles. The van der Waals surface area contributed by atoms with Crippen LogP contribution in [0.1, 0.15) is 22.3 Å². The van der Waals surface area contributed by atoms with E-state index in [-0.39, 0.29) is 0 Å². The average Bonchev–Trinajstić information content (AvgIpc) is 2.72. The molecule has 3 aromatic rings. The molecule has 0 aliphatic rings. The van der Waals surface area contributed by atoms with Crippen LogP contribution in [-0.2, 0) is 6.61 Å². The molecule has 0 spiro atoms. The quantitative estimate of drug-likeness (QED) is 0.204. The Morgan fingerprint density at radius 3 is 2.41 bits per heavy atom. The molecule has 0 aromatic heterocycles. The molecule has 3 rings (SSSR count). The summed E-state index contributed by atoms with van der Waals surface area (Å²) in [6.07, 6.45) is 1.86. The zero-order valence-corrected chi connectivity index (χ0v) is 19.0. The summed E-state index contributed by atoms with van der Waals surface area (Å²) in [5.74, 6) is 1.30. The first-order valence-corrected chi connectivity index (χ1v) is 10.4. The summed E-state index contributed by atoms with van der Waals surface area (Å²) in [4.78, 5) is 0. The molecule has 0 heterocycles. The Hall–Kier alpha value is -2.49. The highest BCUT2D eigenvalue weighted by atomic mass is 127. The fourth-order valence-electron chi connectivity index (χ4n) is 2.78. The number of rotatable bonds is 6. The monoisotopic (exact) mass is 515 g/mol. The lowest BCUT2D eigenvalue weighted by molar-refractivity contribution is 0.282. The Morgan fingerprint density at radius 1 is 1.10 bits per heavy atom. The van der Waals surface area contributed by atoms with Gasteiger partial charge in [0.05, 0.1) is 22.3 Å². The minimum Gasteiger partial charge on any atom is -0.493 e. The summed E-state index contributed by atoms with van der Waals surface area (Å²) in [5.41, 5.74) is 4.53. The summed E-state index contributed by atoms with van der Waals surface area (Å²) >= 11 is 8.16. The van der Waals surface area contributed by atoms with Crippen LogP contribution in [0, 0.1) is 21.8 Å². The van der Waals surface area contributed by atoms with Crippen LogP contribution in [-0.4, -0.2) is 7.11 Å². The molecule has 0 saturated heterocycles. The molecule has 0 unspecified atom stereocenters. The van der Waals surface area contributed by atoms with E-state index in [0.717, 1.165) is 25.8 Å². The Morgan fingerprint density at radius 2 is 1.79 bits per heavy atom. The van der Waals surface area contributed by atoms with Gasteiger partial charge in [-0.05, 0) is 76.5 Å². The lowest BCUT2D eigenvalue weighted by Crippen LogP contribution is -2.00. The third-order valence-corrected chi connectivity index (χ3v) is 5.40. The van der Waals surface area contributed by atoms with Crippen molar-refractivity contribution in [2.75, 3.05) is 7.11 Å². The van der Waals surface area contributed by atoms with Gasteiger partial charge in [0.2, 0.25) is 0 Å². The second kappa shape index (κ2) is 9.82. The maximum Gasteiger partial charge on any atom is 0.174 e. The predicted octanol–water partition coefficient (Wildman–Crippen LogP) is 6.90. The molecule has 146 valence electrons. The molecule has 5 heteroatoms. The minimum absolute atomic E-state index is 0.408. The summed E-state index contributed by atoms with van der Waals surface area (Å²) in [6.45, 7) is 2.43. The number of hydrogen-bond acceptors (Lipinski definition) is 3. The van der Waals surface area contributed by atoms with Gasteiger partial charge in [0, 0.05) is 5.02 Å². The Kier molecular flexibility index (Phi) is 7.18. The number of halogens is 2. The van der Waals surface area contributed by atoms with Gasteiger partial charge in [-0.1, -0.05) is 53.6 Å². The first-order valence-electron chi connectivity index (χ1n) is 8.94. The maximum absolute atomic E-state index is 9.60. The van der Waals surface area contributed by atoms with Gasteiger partial charge in [-0.25, -0.2) is 0 Å². The van der Waals surface area contributed by atoms with Crippen LogP contribution in [0.15, 0.2) is 60.7 Å². The van der Waals surface area contributed by atoms with Gasteiger partial charge >= 0.3 is 0 Å². The third-order valence-electron chi connectivity index (χ3n) is 4.34. The number of methoxy groups -OCH3 is 1. The Labute approximate surface area is 189 Å². The van der Waals surface area contributed by atoms with E-state index in [1.807, 2.05) is 73.7 Å². The van der Waals surface area contributed by atoms with Crippen molar-refractivity contribution in [2.45, 2.75) is 13.5 Å². The zero-order chi connectivity index (χ0) is 20.8. The number of nitriles is 1. The van der Waals surface area contributed by atoms with E-state index < -0.39 is 0 Å². The second-order valence-corrected chi connectivity index (χ2v) is 8.08. The van der Waals surface area contributed by atoms with Gasteiger partial charge in [-0.3, -0.25) is 0 Å². The molecule has 3 nitrogen and oxygen atoms in total. The molecule has 0 amide bonds. The molecule has 29 heavy (non-hydrogen) atoms. The van der Waals surface area contributed by atoms with Crippen molar-refractivity contribution in [2.24, 2.45) is 0 Å². The van der Waals surface area contributed by atoms with Crippen LogP contribution in [0.4, 0.5) is 0 Å². The van der Waals surface area contributed by atoms with Crippen molar-refractivity contribution in [1.29, 1.82) is 5.26 Å². The van der Waals surface area contributed by atoms with Gasteiger partial charge in [0.15, 0.2) is 11.5 Å². The zero-order valence-electron chi connectivity index (χ0n) is 16.1. The van der Waals surface area contributed by atoms with Crippen molar-refractivity contribution in [3.05, 3.63) is 91.5 Å². The van der Waals surface area contributed by atoms with E-state index in [9.17, 15) is 5.26 Å². The third kappa shape index (κ3) is 5.53. The van der Waals surface area contributed by atoms with Crippen LogP contribution < -0.4 is 9.47 Å². The van der Waals surface area contributed by atoms with Gasteiger partial charge in [-0.2, -0.15) is 5.26 Å². The summed E-state index contributed by atoms with van der Waals surface area (Å²) in [5, 5.41) is 10.3. The SMILES string of the molecule is COc1cc(/C=C(/C#N)c2ccc(C)cc2)cc(I)c1OCc1ccc(Cl)cc1. The van der Waals surface area contributed by atoms with E-state index >= 15 is 0 Å². The molecule has 0 aliphatic heterocycles. The summed E-state index contributed by atoms with van der Waals surface area (Å²) in [7, 11) is 1.61. The minimum atomic E-state index is 0.408. The normalized spacial score (nSPS) is 11.1. The predicted molar refractivity (Wildman–Crippen MR) is 126 cm³/mol. The van der Waals surface area contributed by atoms with Crippen LogP contribution in [0.5, 0.6) is 11.5 Å².